The number of carbonyl (C=O) groups excluding carboxylic acids is 2. The monoisotopic (exact) mass is 490 g/mol. The molecule has 0 aromatic heterocycles. The first kappa shape index (κ1) is 25.8. The smallest absolute Gasteiger partial charge is 0.414 e. The summed E-state index contributed by atoms with van der Waals surface area (Å²) < 4.78 is 10.3. The fraction of sp³-hybridized carbons (Fsp3) is 0.154. The quantitative estimate of drug-likeness (QED) is 0.220. The lowest BCUT2D eigenvalue weighted by Crippen LogP contribution is -2.35. The molecular formula is C26H26N4O6. The summed E-state index contributed by atoms with van der Waals surface area (Å²) in [5.41, 5.74) is 2.47. The van der Waals surface area contributed by atoms with Crippen molar-refractivity contribution in [1.29, 1.82) is 5.41 Å². The maximum Gasteiger partial charge on any atom is 0.414 e. The van der Waals surface area contributed by atoms with Gasteiger partial charge in [0.2, 0.25) is 5.96 Å². The summed E-state index contributed by atoms with van der Waals surface area (Å²) in [6, 6.07) is 23.8. The molecule has 0 bridgehead atoms. The van der Waals surface area contributed by atoms with Gasteiger partial charge in [0.1, 0.15) is 13.2 Å². The number of carboxylic acids is 1. The number of amides is 2. The number of guanidine groups is 1. The molecule has 3 aromatic carbocycles. The second-order valence-corrected chi connectivity index (χ2v) is 7.67. The predicted octanol–water partition coefficient (Wildman–Crippen LogP) is 4.40. The molecule has 0 spiro atoms. The van der Waals surface area contributed by atoms with Gasteiger partial charge in [-0.3, -0.25) is 15.5 Å². The number of aliphatic carboxylic acids is 1. The number of hydrogen-bond acceptors (Lipinski definition) is 6. The topological polar surface area (TPSA) is 150 Å². The van der Waals surface area contributed by atoms with Crippen LogP contribution in [0.25, 0.3) is 0 Å². The number of benzene rings is 3. The number of alkyl carbamates (subject to hydrolysis) is 2. The molecule has 3 aromatic rings. The Morgan fingerprint density at radius 3 is 1.97 bits per heavy atom. The van der Waals surface area contributed by atoms with E-state index in [1.54, 1.807) is 48.5 Å². The molecule has 0 heterocycles. The Hall–Kier alpha value is -4.86. The Bertz CT molecular complexity index is 1190. The normalized spacial score (nSPS) is 11.0. The average Bonchev–Trinajstić information content (AvgIpc) is 2.87. The summed E-state index contributed by atoms with van der Waals surface area (Å²) >= 11 is 0. The molecule has 186 valence electrons. The first-order valence-electron chi connectivity index (χ1n) is 11.0. The minimum Gasteiger partial charge on any atom is -0.481 e. The lowest BCUT2D eigenvalue weighted by molar-refractivity contribution is -0.137. The third-order valence-electron chi connectivity index (χ3n) is 4.88. The van der Waals surface area contributed by atoms with Crippen molar-refractivity contribution in [1.82, 2.24) is 10.6 Å². The molecule has 0 aliphatic heterocycles. The molecule has 36 heavy (non-hydrogen) atoms. The van der Waals surface area contributed by atoms with Gasteiger partial charge in [-0.2, -0.15) is 0 Å². The Labute approximate surface area is 207 Å². The fourth-order valence-electron chi connectivity index (χ4n) is 3.20. The third kappa shape index (κ3) is 8.82. The molecule has 0 saturated carbocycles. The Morgan fingerprint density at radius 2 is 1.39 bits per heavy atom. The fourth-order valence-corrected chi connectivity index (χ4v) is 3.20. The van der Waals surface area contributed by atoms with Gasteiger partial charge in [0, 0.05) is 5.69 Å². The number of hydrogen-bond donors (Lipinski definition) is 5. The van der Waals surface area contributed by atoms with E-state index in [1.165, 1.54) is 0 Å². The lowest BCUT2D eigenvalue weighted by Gasteiger charge is -2.18. The van der Waals surface area contributed by atoms with Crippen LogP contribution < -0.4 is 16.0 Å². The first-order chi connectivity index (χ1) is 17.4. The van der Waals surface area contributed by atoms with Crippen molar-refractivity contribution in [3.8, 4) is 0 Å². The standard InChI is InChI=1S/C26H26N4O6/c27-24(30-26(34)36-17-19-10-5-2-6-11-19)28-21-13-7-12-20(14-21)22(15-23(31)32)29-25(33)35-16-18-8-3-1-4-9-18/h1-14,22H,15-17H2,(H,29,33)(H,31,32)(H3,27,28,30,34). The van der Waals surface area contributed by atoms with Gasteiger partial charge >= 0.3 is 18.2 Å². The molecule has 1 atom stereocenters. The van der Waals surface area contributed by atoms with Gasteiger partial charge in [0.05, 0.1) is 12.5 Å². The zero-order chi connectivity index (χ0) is 25.8. The van der Waals surface area contributed by atoms with E-state index in [0.29, 0.717) is 11.3 Å². The van der Waals surface area contributed by atoms with E-state index in [1.807, 2.05) is 36.4 Å². The molecule has 3 rings (SSSR count). The largest absolute Gasteiger partial charge is 0.481 e. The number of rotatable bonds is 9. The second-order valence-electron chi connectivity index (χ2n) is 7.67. The molecule has 0 aliphatic carbocycles. The second kappa shape index (κ2) is 13.1. The summed E-state index contributed by atoms with van der Waals surface area (Å²) in [6.45, 7) is 0.0929. The summed E-state index contributed by atoms with van der Waals surface area (Å²) in [7, 11) is 0. The zero-order valence-electron chi connectivity index (χ0n) is 19.3. The minimum atomic E-state index is -1.11. The van der Waals surface area contributed by atoms with Crippen LogP contribution in [0.4, 0.5) is 15.3 Å². The van der Waals surface area contributed by atoms with Crippen molar-refractivity contribution < 1.29 is 29.0 Å². The average molecular weight is 491 g/mol. The van der Waals surface area contributed by atoms with E-state index >= 15 is 0 Å². The zero-order valence-corrected chi connectivity index (χ0v) is 19.3. The Kier molecular flexibility index (Phi) is 9.40. The van der Waals surface area contributed by atoms with Crippen molar-refractivity contribution in [2.75, 3.05) is 5.32 Å². The van der Waals surface area contributed by atoms with Crippen molar-refractivity contribution in [2.24, 2.45) is 0 Å². The van der Waals surface area contributed by atoms with Gasteiger partial charge in [0.25, 0.3) is 0 Å². The van der Waals surface area contributed by atoms with Crippen molar-refractivity contribution >= 4 is 29.8 Å². The number of anilines is 1. The Morgan fingerprint density at radius 1 is 0.806 bits per heavy atom. The van der Waals surface area contributed by atoms with Crippen LogP contribution in [0, 0.1) is 5.41 Å². The minimum absolute atomic E-state index is 0.0390. The van der Waals surface area contributed by atoms with E-state index in [9.17, 15) is 19.5 Å². The SMILES string of the molecule is N=C(NC(=O)OCc1ccccc1)Nc1cccc(C(CC(=O)O)NC(=O)OCc2ccccc2)c1. The number of carbonyl (C=O) groups is 3. The molecule has 10 heteroatoms. The van der Waals surface area contributed by atoms with Gasteiger partial charge < -0.3 is 25.2 Å². The van der Waals surface area contributed by atoms with E-state index in [0.717, 1.165) is 11.1 Å². The van der Waals surface area contributed by atoms with Crippen LogP contribution in [0.15, 0.2) is 84.9 Å². The van der Waals surface area contributed by atoms with Crippen molar-refractivity contribution in [3.05, 3.63) is 102 Å². The van der Waals surface area contributed by atoms with Gasteiger partial charge in [-0.15, -0.1) is 0 Å². The van der Waals surface area contributed by atoms with Crippen LogP contribution in [0.3, 0.4) is 0 Å². The van der Waals surface area contributed by atoms with Crippen LogP contribution in [0.1, 0.15) is 29.2 Å². The highest BCUT2D eigenvalue weighted by Crippen LogP contribution is 2.21. The van der Waals surface area contributed by atoms with E-state index in [4.69, 9.17) is 14.9 Å². The highest BCUT2D eigenvalue weighted by Gasteiger charge is 2.19. The van der Waals surface area contributed by atoms with E-state index in [-0.39, 0.29) is 25.6 Å². The predicted molar refractivity (Wildman–Crippen MR) is 132 cm³/mol. The first-order valence-corrected chi connectivity index (χ1v) is 11.0. The molecule has 0 saturated heterocycles. The highest BCUT2D eigenvalue weighted by molar-refractivity contribution is 6.00. The molecule has 5 N–H and O–H groups in total. The van der Waals surface area contributed by atoms with E-state index in [2.05, 4.69) is 16.0 Å². The maximum absolute atomic E-state index is 12.3. The van der Waals surface area contributed by atoms with Crippen LogP contribution in [0.5, 0.6) is 0 Å². The summed E-state index contributed by atoms with van der Waals surface area (Å²) in [6.07, 6.45) is -1.95. The summed E-state index contributed by atoms with van der Waals surface area (Å²) in [5.74, 6) is -1.45. The van der Waals surface area contributed by atoms with Crippen LogP contribution in [-0.2, 0) is 27.5 Å². The van der Waals surface area contributed by atoms with Crippen LogP contribution in [0.2, 0.25) is 0 Å². The number of carboxylic acid groups (broad SMARTS) is 1. The summed E-state index contributed by atoms with van der Waals surface area (Å²) in [4.78, 5) is 35.6. The van der Waals surface area contributed by atoms with Gasteiger partial charge in [-0.05, 0) is 28.8 Å². The van der Waals surface area contributed by atoms with Gasteiger partial charge in [-0.1, -0.05) is 72.8 Å². The molecule has 0 radical (unpaired) electrons. The van der Waals surface area contributed by atoms with E-state index < -0.39 is 24.2 Å². The van der Waals surface area contributed by atoms with Crippen LogP contribution >= 0.6 is 0 Å². The van der Waals surface area contributed by atoms with Crippen LogP contribution in [-0.4, -0.2) is 29.2 Å². The molecule has 0 fully saturated rings. The number of ether oxygens (including phenoxy) is 2. The Balaban J connectivity index is 1.56. The van der Waals surface area contributed by atoms with Crippen molar-refractivity contribution in [2.45, 2.75) is 25.7 Å². The number of nitrogens with one attached hydrogen (secondary N) is 4. The maximum atomic E-state index is 12.3. The molecule has 0 aliphatic rings. The summed E-state index contributed by atoms with van der Waals surface area (Å²) in [5, 5.41) is 24.8. The molecular weight excluding hydrogens is 464 g/mol. The molecule has 2 amide bonds. The molecule has 10 nitrogen and oxygen atoms in total. The molecule has 1 unspecified atom stereocenters. The van der Waals surface area contributed by atoms with Gasteiger partial charge in [-0.25, -0.2) is 9.59 Å². The van der Waals surface area contributed by atoms with Gasteiger partial charge in [0.15, 0.2) is 0 Å². The highest BCUT2D eigenvalue weighted by atomic mass is 16.6. The third-order valence-corrected chi connectivity index (χ3v) is 4.88. The lowest BCUT2D eigenvalue weighted by atomic mass is 10.0. The van der Waals surface area contributed by atoms with Crippen molar-refractivity contribution in [3.63, 3.8) is 0 Å².